The lowest BCUT2D eigenvalue weighted by atomic mass is 10.2. The molecular weight excluding hydrogens is 297 g/mol. The number of nitrogens with one attached hydrogen (secondary N) is 1. The van der Waals surface area contributed by atoms with Gasteiger partial charge in [-0.15, -0.1) is 0 Å². The van der Waals surface area contributed by atoms with Gasteiger partial charge in [0.1, 0.15) is 12.1 Å². The van der Waals surface area contributed by atoms with E-state index in [2.05, 4.69) is 20.3 Å². The normalized spacial score (nSPS) is 10.6. The van der Waals surface area contributed by atoms with Gasteiger partial charge in [0.25, 0.3) is 5.91 Å². The minimum absolute atomic E-state index is 0.0299. The Bertz CT molecular complexity index is 857. The lowest BCUT2D eigenvalue weighted by molar-refractivity contribution is 0.102. The van der Waals surface area contributed by atoms with Crippen LogP contribution in [0, 0.1) is 19.7 Å². The number of nitrogens with zero attached hydrogens (tertiary/aromatic N) is 4. The molecule has 0 aliphatic carbocycles. The van der Waals surface area contributed by atoms with E-state index in [0.29, 0.717) is 11.6 Å². The molecule has 0 aliphatic heterocycles. The van der Waals surface area contributed by atoms with Gasteiger partial charge in [-0.2, -0.15) is 0 Å². The van der Waals surface area contributed by atoms with E-state index in [4.69, 9.17) is 0 Å². The number of aryl methyl sites for hydroxylation is 1. The zero-order chi connectivity index (χ0) is 16.4. The first-order valence-corrected chi connectivity index (χ1v) is 6.95. The molecule has 1 N–H and O–H groups in total. The van der Waals surface area contributed by atoms with E-state index in [1.54, 1.807) is 17.0 Å². The molecule has 3 aromatic rings. The molecule has 0 spiro atoms. The second-order valence-electron chi connectivity index (χ2n) is 4.99. The van der Waals surface area contributed by atoms with Gasteiger partial charge in [-0.1, -0.05) is 12.1 Å². The molecular formula is C16H14FN5O. The van der Waals surface area contributed by atoms with Crippen LogP contribution in [0.25, 0.3) is 5.95 Å². The van der Waals surface area contributed by atoms with Crippen molar-refractivity contribution in [2.75, 3.05) is 5.32 Å². The lowest BCUT2D eigenvalue weighted by Gasteiger charge is -2.07. The summed E-state index contributed by atoms with van der Waals surface area (Å²) in [6.45, 7) is 3.81. The third kappa shape index (κ3) is 2.94. The molecule has 23 heavy (non-hydrogen) atoms. The second kappa shape index (κ2) is 5.96. The number of anilines is 1. The van der Waals surface area contributed by atoms with Crippen LogP contribution >= 0.6 is 0 Å². The number of hydrogen-bond donors (Lipinski definition) is 1. The minimum atomic E-state index is -0.577. The second-order valence-corrected chi connectivity index (χ2v) is 4.99. The highest BCUT2D eigenvalue weighted by molar-refractivity contribution is 6.04. The molecule has 0 bridgehead atoms. The summed E-state index contributed by atoms with van der Waals surface area (Å²) in [6.07, 6.45) is 4.57. The Labute approximate surface area is 132 Å². The van der Waals surface area contributed by atoms with E-state index in [0.717, 1.165) is 11.4 Å². The molecule has 6 nitrogen and oxygen atoms in total. The summed E-state index contributed by atoms with van der Waals surface area (Å²) >= 11 is 0. The summed E-state index contributed by atoms with van der Waals surface area (Å²) in [4.78, 5) is 24.6. The van der Waals surface area contributed by atoms with Crippen LogP contribution in [-0.2, 0) is 0 Å². The minimum Gasteiger partial charge on any atom is -0.319 e. The molecule has 1 amide bonds. The Balaban J connectivity index is 1.79. The predicted molar refractivity (Wildman–Crippen MR) is 83.0 cm³/mol. The molecule has 0 unspecified atom stereocenters. The van der Waals surface area contributed by atoms with Gasteiger partial charge in [0.05, 0.1) is 29.3 Å². The number of carbonyl (C=O) groups is 1. The number of aromatic nitrogens is 4. The average Bonchev–Trinajstić information content (AvgIpc) is 2.88. The standard InChI is InChI=1S/C16H14FN5O/c1-10-11(2)22(9-20-10)16-18-7-12(8-19-16)21-15(23)13-5-3-4-6-14(13)17/h3-9H,1-2H3,(H,21,23). The molecule has 0 fully saturated rings. The number of hydrogen-bond acceptors (Lipinski definition) is 4. The first-order chi connectivity index (χ1) is 11.1. The van der Waals surface area contributed by atoms with Gasteiger partial charge < -0.3 is 5.32 Å². The van der Waals surface area contributed by atoms with Crippen molar-refractivity contribution in [2.45, 2.75) is 13.8 Å². The summed E-state index contributed by atoms with van der Waals surface area (Å²) in [5, 5.41) is 2.57. The monoisotopic (exact) mass is 311 g/mol. The topological polar surface area (TPSA) is 72.7 Å². The van der Waals surface area contributed by atoms with Crippen molar-refractivity contribution < 1.29 is 9.18 Å². The molecule has 0 saturated heterocycles. The first-order valence-electron chi connectivity index (χ1n) is 6.95. The van der Waals surface area contributed by atoms with Crippen molar-refractivity contribution in [3.63, 3.8) is 0 Å². The van der Waals surface area contributed by atoms with Crippen molar-refractivity contribution in [2.24, 2.45) is 0 Å². The molecule has 7 heteroatoms. The van der Waals surface area contributed by atoms with Crippen LogP contribution in [0.4, 0.5) is 10.1 Å². The Kier molecular flexibility index (Phi) is 3.84. The van der Waals surface area contributed by atoms with Gasteiger partial charge in [-0.3, -0.25) is 9.36 Å². The maximum absolute atomic E-state index is 13.6. The summed E-state index contributed by atoms with van der Waals surface area (Å²) < 4.78 is 15.3. The van der Waals surface area contributed by atoms with Gasteiger partial charge in [0, 0.05) is 5.69 Å². The van der Waals surface area contributed by atoms with Crippen LogP contribution in [0.1, 0.15) is 21.7 Å². The Morgan fingerprint density at radius 1 is 1.13 bits per heavy atom. The van der Waals surface area contributed by atoms with E-state index in [1.807, 2.05) is 13.8 Å². The molecule has 0 atom stereocenters. The van der Waals surface area contributed by atoms with E-state index >= 15 is 0 Å². The van der Waals surface area contributed by atoms with Gasteiger partial charge >= 0.3 is 0 Å². The Morgan fingerprint density at radius 2 is 1.83 bits per heavy atom. The fourth-order valence-electron chi connectivity index (χ4n) is 2.05. The molecule has 116 valence electrons. The largest absolute Gasteiger partial charge is 0.319 e. The first kappa shape index (κ1) is 14.8. The van der Waals surface area contributed by atoms with E-state index in [9.17, 15) is 9.18 Å². The smallest absolute Gasteiger partial charge is 0.258 e. The van der Waals surface area contributed by atoms with Crippen molar-refractivity contribution in [1.29, 1.82) is 0 Å². The van der Waals surface area contributed by atoms with Crippen LogP contribution in [0.3, 0.4) is 0 Å². The SMILES string of the molecule is Cc1ncn(-c2ncc(NC(=O)c3ccccc3F)cn2)c1C. The van der Waals surface area contributed by atoms with Crippen molar-refractivity contribution >= 4 is 11.6 Å². The molecule has 2 heterocycles. The van der Waals surface area contributed by atoms with Crippen molar-refractivity contribution in [1.82, 2.24) is 19.5 Å². The van der Waals surface area contributed by atoms with E-state index in [-0.39, 0.29) is 5.56 Å². The quantitative estimate of drug-likeness (QED) is 0.807. The van der Waals surface area contributed by atoms with Crippen LogP contribution in [-0.4, -0.2) is 25.4 Å². The number of imidazole rings is 1. The van der Waals surface area contributed by atoms with Gasteiger partial charge in [0.15, 0.2) is 0 Å². The molecule has 2 aromatic heterocycles. The maximum atomic E-state index is 13.6. The highest BCUT2D eigenvalue weighted by atomic mass is 19.1. The zero-order valence-corrected chi connectivity index (χ0v) is 12.6. The van der Waals surface area contributed by atoms with E-state index in [1.165, 1.54) is 30.6 Å². The third-order valence-electron chi connectivity index (χ3n) is 3.48. The number of rotatable bonds is 3. The fourth-order valence-corrected chi connectivity index (χ4v) is 2.05. The van der Waals surface area contributed by atoms with Gasteiger partial charge in [-0.05, 0) is 26.0 Å². The van der Waals surface area contributed by atoms with Crippen LogP contribution in [0.15, 0.2) is 43.0 Å². The molecule has 0 aliphatic rings. The zero-order valence-electron chi connectivity index (χ0n) is 12.6. The summed E-state index contributed by atoms with van der Waals surface area (Å²) in [5.41, 5.74) is 2.19. The highest BCUT2D eigenvalue weighted by Crippen LogP contribution is 2.13. The van der Waals surface area contributed by atoms with Crippen molar-refractivity contribution in [3.8, 4) is 5.95 Å². The van der Waals surface area contributed by atoms with Crippen LogP contribution in [0.2, 0.25) is 0 Å². The molecule has 3 rings (SSSR count). The summed E-state index contributed by atoms with van der Waals surface area (Å²) in [6, 6.07) is 5.78. The van der Waals surface area contributed by atoms with Crippen LogP contribution in [0.5, 0.6) is 0 Å². The van der Waals surface area contributed by atoms with Crippen molar-refractivity contribution in [3.05, 3.63) is 65.8 Å². The fraction of sp³-hybridized carbons (Fsp3) is 0.125. The van der Waals surface area contributed by atoms with Gasteiger partial charge in [0.2, 0.25) is 5.95 Å². The molecule has 0 radical (unpaired) electrons. The number of amides is 1. The number of halogens is 1. The van der Waals surface area contributed by atoms with E-state index < -0.39 is 11.7 Å². The molecule has 0 saturated carbocycles. The number of benzene rings is 1. The lowest BCUT2D eigenvalue weighted by Crippen LogP contribution is -2.14. The Hall–Kier alpha value is -3.09. The summed E-state index contributed by atoms with van der Waals surface area (Å²) in [5.74, 6) is -0.673. The average molecular weight is 311 g/mol. The number of carbonyl (C=O) groups excluding carboxylic acids is 1. The summed E-state index contributed by atoms with van der Waals surface area (Å²) in [7, 11) is 0. The maximum Gasteiger partial charge on any atom is 0.258 e. The predicted octanol–water partition coefficient (Wildman–Crippen LogP) is 2.67. The Morgan fingerprint density at radius 3 is 2.43 bits per heavy atom. The highest BCUT2D eigenvalue weighted by Gasteiger charge is 2.12. The third-order valence-corrected chi connectivity index (χ3v) is 3.48. The molecule has 1 aromatic carbocycles. The van der Waals surface area contributed by atoms with Crippen LogP contribution < -0.4 is 5.32 Å². The van der Waals surface area contributed by atoms with Gasteiger partial charge in [-0.25, -0.2) is 19.3 Å².